The third-order valence-corrected chi connectivity index (χ3v) is 4.75. The quantitative estimate of drug-likeness (QED) is 0.788. The zero-order chi connectivity index (χ0) is 18.7. The molecule has 0 unspecified atom stereocenters. The number of aliphatic hydroxyl groups is 1. The zero-order valence-corrected chi connectivity index (χ0v) is 14.1. The van der Waals surface area contributed by atoms with E-state index >= 15 is 0 Å². The van der Waals surface area contributed by atoms with Crippen LogP contribution in [0.2, 0.25) is 0 Å². The maximum absolute atomic E-state index is 12.7. The number of aryl methyl sites for hydroxylation is 1. The average Bonchev–Trinajstić information content (AvgIpc) is 2.53. The summed E-state index contributed by atoms with van der Waals surface area (Å²) in [4.78, 5) is -0.0515. The number of hydrogen-bond acceptors (Lipinski definition) is 4. The molecule has 25 heavy (non-hydrogen) atoms. The molecule has 136 valence electrons. The summed E-state index contributed by atoms with van der Waals surface area (Å²) >= 11 is 0. The van der Waals surface area contributed by atoms with Crippen LogP contribution in [0.25, 0.3) is 0 Å². The Morgan fingerprint density at radius 3 is 2.36 bits per heavy atom. The molecule has 0 heterocycles. The monoisotopic (exact) mass is 374 g/mol. The Morgan fingerprint density at radius 2 is 1.76 bits per heavy atom. The molecule has 8 heteroatoms. The van der Waals surface area contributed by atoms with Crippen LogP contribution >= 0.6 is 0 Å². The fourth-order valence-electron chi connectivity index (χ4n) is 2.15. The molecule has 0 saturated heterocycles. The van der Waals surface area contributed by atoms with Gasteiger partial charge in [0.1, 0.15) is 0 Å². The summed E-state index contributed by atoms with van der Waals surface area (Å²) < 4.78 is 66.8. The molecule has 0 radical (unpaired) electrons. The lowest BCUT2D eigenvalue weighted by Gasteiger charge is -2.13. The van der Waals surface area contributed by atoms with Gasteiger partial charge in [-0.1, -0.05) is 35.9 Å². The Hall–Kier alpha value is -1.90. The van der Waals surface area contributed by atoms with Crippen LogP contribution in [0.5, 0.6) is 0 Å². The van der Waals surface area contributed by atoms with E-state index in [0.717, 1.165) is 17.7 Å². The standard InChI is InChI=1S/C17H17F3O4S/c1-12-5-7-16(8-6-12)25(22,23)24-11-15(21)10-13-3-2-4-14(9-13)17(18,19)20/h2-9,15,21H,10-11H2,1H3/t15-/m0/s1. The fourth-order valence-corrected chi connectivity index (χ4v) is 3.09. The van der Waals surface area contributed by atoms with Crippen molar-refractivity contribution in [3.63, 3.8) is 0 Å². The number of aliphatic hydroxyl groups excluding tert-OH is 1. The van der Waals surface area contributed by atoms with Crippen molar-refractivity contribution in [1.82, 2.24) is 0 Å². The van der Waals surface area contributed by atoms with Gasteiger partial charge in [-0.3, -0.25) is 4.18 Å². The van der Waals surface area contributed by atoms with Crippen LogP contribution in [-0.4, -0.2) is 26.2 Å². The summed E-state index contributed by atoms with van der Waals surface area (Å²) in [6.45, 7) is 1.25. The van der Waals surface area contributed by atoms with Gasteiger partial charge in [-0.05, 0) is 30.7 Å². The van der Waals surface area contributed by atoms with Crippen LogP contribution in [0, 0.1) is 6.92 Å². The maximum Gasteiger partial charge on any atom is 0.416 e. The molecule has 0 spiro atoms. The fraction of sp³-hybridized carbons (Fsp3) is 0.294. The Morgan fingerprint density at radius 1 is 1.12 bits per heavy atom. The van der Waals surface area contributed by atoms with Crippen molar-refractivity contribution in [3.05, 3.63) is 65.2 Å². The maximum atomic E-state index is 12.7. The van der Waals surface area contributed by atoms with Gasteiger partial charge < -0.3 is 5.11 Å². The smallest absolute Gasteiger partial charge is 0.390 e. The molecule has 0 aliphatic heterocycles. The number of alkyl halides is 3. The van der Waals surface area contributed by atoms with Crippen molar-refractivity contribution in [2.24, 2.45) is 0 Å². The predicted molar refractivity (Wildman–Crippen MR) is 85.5 cm³/mol. The normalized spacial score (nSPS) is 13.6. The van der Waals surface area contributed by atoms with E-state index in [4.69, 9.17) is 4.18 Å². The summed E-state index contributed by atoms with van der Waals surface area (Å²) in [7, 11) is -4.04. The van der Waals surface area contributed by atoms with E-state index in [1.807, 2.05) is 0 Å². The SMILES string of the molecule is Cc1ccc(S(=O)(=O)OC[C@@H](O)Cc2cccc(C(F)(F)F)c2)cc1. The van der Waals surface area contributed by atoms with E-state index in [1.165, 1.54) is 24.3 Å². The molecule has 2 aromatic rings. The third-order valence-electron chi connectivity index (χ3n) is 3.45. The molecular weight excluding hydrogens is 357 g/mol. The molecule has 0 amide bonds. The van der Waals surface area contributed by atoms with Gasteiger partial charge in [0.25, 0.3) is 10.1 Å². The Balaban J connectivity index is 1.99. The lowest BCUT2D eigenvalue weighted by Crippen LogP contribution is -2.21. The zero-order valence-electron chi connectivity index (χ0n) is 13.3. The van der Waals surface area contributed by atoms with Gasteiger partial charge in [-0.2, -0.15) is 21.6 Å². The first kappa shape index (κ1) is 19.4. The van der Waals surface area contributed by atoms with Gasteiger partial charge in [-0.15, -0.1) is 0 Å². The number of benzene rings is 2. The van der Waals surface area contributed by atoms with Crippen LogP contribution in [0.15, 0.2) is 53.4 Å². The van der Waals surface area contributed by atoms with Gasteiger partial charge in [0.2, 0.25) is 0 Å². The van der Waals surface area contributed by atoms with Gasteiger partial charge >= 0.3 is 6.18 Å². The summed E-state index contributed by atoms with van der Waals surface area (Å²) in [5, 5.41) is 9.88. The number of halogens is 3. The van der Waals surface area contributed by atoms with E-state index in [9.17, 15) is 26.7 Å². The van der Waals surface area contributed by atoms with E-state index in [1.54, 1.807) is 19.1 Å². The molecule has 0 aliphatic rings. The van der Waals surface area contributed by atoms with Crippen molar-refractivity contribution in [2.45, 2.75) is 30.5 Å². The van der Waals surface area contributed by atoms with Gasteiger partial charge in [0.05, 0.1) is 23.2 Å². The minimum atomic E-state index is -4.48. The molecule has 2 rings (SSSR count). The molecule has 1 N–H and O–H groups in total. The first-order chi connectivity index (χ1) is 11.6. The Bertz CT molecular complexity index is 815. The van der Waals surface area contributed by atoms with Crippen LogP contribution in [0.4, 0.5) is 13.2 Å². The molecule has 0 bridgehead atoms. The third kappa shape index (κ3) is 5.55. The highest BCUT2D eigenvalue weighted by Crippen LogP contribution is 2.29. The highest BCUT2D eigenvalue weighted by atomic mass is 32.2. The summed E-state index contributed by atoms with van der Waals surface area (Å²) in [5.74, 6) is 0. The van der Waals surface area contributed by atoms with E-state index in [-0.39, 0.29) is 16.9 Å². The predicted octanol–water partition coefficient (Wildman–Crippen LogP) is 3.32. The second-order valence-corrected chi connectivity index (χ2v) is 7.22. The van der Waals surface area contributed by atoms with Gasteiger partial charge in [0.15, 0.2) is 0 Å². The highest BCUT2D eigenvalue weighted by Gasteiger charge is 2.30. The van der Waals surface area contributed by atoms with Crippen molar-refractivity contribution in [2.75, 3.05) is 6.61 Å². The molecule has 0 aliphatic carbocycles. The Labute approximate surface area is 144 Å². The molecule has 0 fully saturated rings. The topological polar surface area (TPSA) is 63.6 Å². The largest absolute Gasteiger partial charge is 0.416 e. The van der Waals surface area contributed by atoms with Crippen molar-refractivity contribution < 1.29 is 30.9 Å². The molecule has 1 atom stereocenters. The van der Waals surface area contributed by atoms with Crippen molar-refractivity contribution >= 4 is 10.1 Å². The van der Waals surface area contributed by atoms with Gasteiger partial charge in [0, 0.05) is 6.42 Å². The average molecular weight is 374 g/mol. The van der Waals surface area contributed by atoms with E-state index in [2.05, 4.69) is 0 Å². The summed E-state index contributed by atoms with van der Waals surface area (Å²) in [6.07, 6.45) is -5.90. The van der Waals surface area contributed by atoms with E-state index < -0.39 is 34.6 Å². The summed E-state index contributed by atoms with van der Waals surface area (Å²) in [6, 6.07) is 10.5. The second-order valence-electron chi connectivity index (χ2n) is 5.61. The first-order valence-corrected chi connectivity index (χ1v) is 8.79. The number of hydrogen-bond donors (Lipinski definition) is 1. The van der Waals surface area contributed by atoms with E-state index in [0.29, 0.717) is 0 Å². The highest BCUT2D eigenvalue weighted by molar-refractivity contribution is 7.86. The van der Waals surface area contributed by atoms with Crippen LogP contribution < -0.4 is 0 Å². The van der Waals surface area contributed by atoms with Crippen LogP contribution in [-0.2, 0) is 26.9 Å². The minimum Gasteiger partial charge on any atom is -0.390 e. The lowest BCUT2D eigenvalue weighted by atomic mass is 10.1. The lowest BCUT2D eigenvalue weighted by molar-refractivity contribution is -0.137. The number of rotatable bonds is 6. The minimum absolute atomic E-state index is 0.0515. The van der Waals surface area contributed by atoms with Crippen molar-refractivity contribution in [3.8, 4) is 0 Å². The molecule has 0 aromatic heterocycles. The first-order valence-electron chi connectivity index (χ1n) is 7.38. The van der Waals surface area contributed by atoms with Gasteiger partial charge in [-0.25, -0.2) is 0 Å². The molecule has 2 aromatic carbocycles. The van der Waals surface area contributed by atoms with Crippen LogP contribution in [0.3, 0.4) is 0 Å². The van der Waals surface area contributed by atoms with Crippen molar-refractivity contribution in [1.29, 1.82) is 0 Å². The molecule has 0 saturated carbocycles. The Kier molecular flexibility index (Phi) is 5.87. The molecule has 4 nitrogen and oxygen atoms in total. The molecular formula is C17H17F3O4S. The van der Waals surface area contributed by atoms with Crippen LogP contribution in [0.1, 0.15) is 16.7 Å². The summed E-state index contributed by atoms with van der Waals surface area (Å²) in [5.41, 5.74) is 0.285. The second kappa shape index (κ2) is 7.55.